The molecular formula is C20H13F4NO. The lowest BCUT2D eigenvalue weighted by molar-refractivity contribution is -0.137. The Morgan fingerprint density at radius 1 is 0.769 bits per heavy atom. The molecule has 26 heavy (non-hydrogen) atoms. The molecule has 0 unspecified atom stereocenters. The molecule has 0 aliphatic heterocycles. The van der Waals surface area contributed by atoms with Crippen LogP contribution in [0.3, 0.4) is 0 Å². The molecule has 0 aliphatic rings. The average Bonchev–Trinajstić information content (AvgIpc) is 2.63. The number of benzene rings is 2. The van der Waals surface area contributed by atoms with Gasteiger partial charge in [-0.1, -0.05) is 48.5 Å². The van der Waals surface area contributed by atoms with E-state index >= 15 is 4.39 Å². The van der Waals surface area contributed by atoms with Gasteiger partial charge in [-0.25, -0.2) is 0 Å². The number of pyridine rings is 1. The summed E-state index contributed by atoms with van der Waals surface area (Å²) >= 11 is 0. The molecule has 0 bridgehead atoms. The number of nitrogens with zero attached hydrogens (tertiary/aromatic N) is 1. The number of rotatable bonds is 3. The van der Waals surface area contributed by atoms with E-state index in [9.17, 15) is 18.0 Å². The molecule has 1 aromatic heterocycles. The molecule has 0 atom stereocenters. The van der Waals surface area contributed by atoms with Gasteiger partial charge in [-0.15, -0.1) is 0 Å². The highest BCUT2D eigenvalue weighted by molar-refractivity contribution is 5.90. The lowest BCUT2D eigenvalue weighted by Crippen LogP contribution is -2.16. The number of alkyl halides is 3. The van der Waals surface area contributed by atoms with Crippen LogP contribution >= 0.6 is 0 Å². The van der Waals surface area contributed by atoms with E-state index in [1.54, 1.807) is 30.3 Å². The standard InChI is InChI=1S/C20H13F4NO/c21-19(25-13-5-4-8-17(25)26)18(14-6-2-1-3-7-14)15-9-11-16(12-10-15)20(22,23)24/h1-13H/b19-18+. The molecule has 0 spiro atoms. The second kappa shape index (κ2) is 7.00. The normalized spacial score (nSPS) is 12.6. The largest absolute Gasteiger partial charge is 0.416 e. The molecule has 0 N–H and O–H groups in total. The summed E-state index contributed by atoms with van der Waals surface area (Å²) in [6, 6.07) is 16.7. The Hall–Kier alpha value is -3.15. The molecule has 1 heterocycles. The SMILES string of the molecule is O=c1ccccn1/C(F)=C(\c1ccccc1)c1ccc(C(F)(F)F)cc1. The molecule has 0 amide bonds. The highest BCUT2D eigenvalue weighted by atomic mass is 19.4. The topological polar surface area (TPSA) is 22.0 Å². The second-order valence-electron chi connectivity index (χ2n) is 5.52. The summed E-state index contributed by atoms with van der Waals surface area (Å²) in [6.07, 6.45) is -3.21. The van der Waals surface area contributed by atoms with E-state index in [2.05, 4.69) is 0 Å². The van der Waals surface area contributed by atoms with Crippen LogP contribution < -0.4 is 5.56 Å². The van der Waals surface area contributed by atoms with Gasteiger partial charge in [0.05, 0.1) is 5.56 Å². The zero-order valence-corrected chi connectivity index (χ0v) is 13.4. The fourth-order valence-electron chi connectivity index (χ4n) is 2.55. The number of aromatic nitrogens is 1. The number of halogens is 4. The van der Waals surface area contributed by atoms with Gasteiger partial charge >= 0.3 is 6.18 Å². The Balaban J connectivity index is 2.22. The third-order valence-corrected chi connectivity index (χ3v) is 3.80. The van der Waals surface area contributed by atoms with Gasteiger partial charge in [0.25, 0.3) is 5.56 Å². The van der Waals surface area contributed by atoms with Crippen molar-refractivity contribution in [2.24, 2.45) is 0 Å². The van der Waals surface area contributed by atoms with Crippen molar-refractivity contribution >= 4 is 11.5 Å². The first-order chi connectivity index (χ1) is 12.4. The predicted octanol–water partition coefficient (Wildman–Crippen LogP) is 5.21. The molecule has 0 saturated heterocycles. The highest BCUT2D eigenvalue weighted by Crippen LogP contribution is 2.33. The molecule has 132 valence electrons. The highest BCUT2D eigenvalue weighted by Gasteiger charge is 2.30. The van der Waals surface area contributed by atoms with Crippen LogP contribution in [0.2, 0.25) is 0 Å². The van der Waals surface area contributed by atoms with Crippen molar-refractivity contribution in [2.45, 2.75) is 6.18 Å². The Morgan fingerprint density at radius 2 is 1.35 bits per heavy atom. The van der Waals surface area contributed by atoms with Crippen LogP contribution in [-0.4, -0.2) is 4.57 Å². The Bertz CT molecular complexity index is 987. The van der Waals surface area contributed by atoms with Crippen molar-refractivity contribution in [3.8, 4) is 0 Å². The lowest BCUT2D eigenvalue weighted by Gasteiger charge is -2.13. The zero-order valence-electron chi connectivity index (χ0n) is 13.4. The molecule has 0 saturated carbocycles. The molecule has 6 heteroatoms. The van der Waals surface area contributed by atoms with E-state index in [0.29, 0.717) is 5.56 Å². The maximum Gasteiger partial charge on any atom is 0.416 e. The van der Waals surface area contributed by atoms with Crippen molar-refractivity contribution in [1.29, 1.82) is 0 Å². The first kappa shape index (κ1) is 17.7. The zero-order chi connectivity index (χ0) is 18.7. The summed E-state index contributed by atoms with van der Waals surface area (Å²) in [5.74, 6) is -0.860. The van der Waals surface area contributed by atoms with Gasteiger partial charge in [0.2, 0.25) is 5.95 Å². The van der Waals surface area contributed by atoms with Crippen LogP contribution in [0.1, 0.15) is 16.7 Å². The van der Waals surface area contributed by atoms with Crippen molar-refractivity contribution < 1.29 is 17.6 Å². The smallest absolute Gasteiger partial charge is 0.269 e. The number of hydrogen-bond acceptors (Lipinski definition) is 1. The summed E-state index contributed by atoms with van der Waals surface area (Å²) < 4.78 is 54.4. The minimum absolute atomic E-state index is 0.0348. The van der Waals surface area contributed by atoms with Gasteiger partial charge in [-0.05, 0) is 29.3 Å². The molecule has 3 rings (SSSR count). The Morgan fingerprint density at radius 3 is 1.92 bits per heavy atom. The molecule has 0 aliphatic carbocycles. The molecular weight excluding hydrogens is 346 g/mol. The van der Waals surface area contributed by atoms with E-state index in [0.717, 1.165) is 16.7 Å². The van der Waals surface area contributed by atoms with E-state index < -0.39 is 23.2 Å². The van der Waals surface area contributed by atoms with Crippen molar-refractivity contribution in [2.75, 3.05) is 0 Å². The van der Waals surface area contributed by atoms with E-state index in [1.165, 1.54) is 36.5 Å². The van der Waals surface area contributed by atoms with Crippen molar-refractivity contribution in [3.63, 3.8) is 0 Å². The van der Waals surface area contributed by atoms with E-state index in [1.807, 2.05) is 0 Å². The first-order valence-corrected chi connectivity index (χ1v) is 7.69. The molecule has 3 aromatic rings. The molecule has 0 fully saturated rings. The van der Waals surface area contributed by atoms with Crippen molar-refractivity contribution in [3.05, 3.63) is 106 Å². The minimum Gasteiger partial charge on any atom is -0.269 e. The average molecular weight is 359 g/mol. The summed E-state index contributed by atoms with van der Waals surface area (Å²) in [5, 5.41) is 0. The minimum atomic E-state index is -4.48. The Labute approximate surface area is 146 Å². The fraction of sp³-hybridized carbons (Fsp3) is 0.0500. The predicted molar refractivity (Wildman–Crippen MR) is 91.9 cm³/mol. The molecule has 0 radical (unpaired) electrons. The fourth-order valence-corrected chi connectivity index (χ4v) is 2.55. The number of hydrogen-bond donors (Lipinski definition) is 0. The quantitative estimate of drug-likeness (QED) is 0.589. The summed E-state index contributed by atoms with van der Waals surface area (Å²) in [7, 11) is 0. The van der Waals surface area contributed by atoms with Gasteiger partial charge in [0.1, 0.15) is 0 Å². The Kier molecular flexibility index (Phi) is 4.75. The third kappa shape index (κ3) is 3.59. The summed E-state index contributed by atoms with van der Waals surface area (Å²) in [5.41, 5.74) is -0.693. The maximum atomic E-state index is 15.2. The van der Waals surface area contributed by atoms with Crippen LogP contribution in [0.25, 0.3) is 11.5 Å². The van der Waals surface area contributed by atoms with Gasteiger partial charge in [0.15, 0.2) is 0 Å². The monoisotopic (exact) mass is 359 g/mol. The van der Waals surface area contributed by atoms with E-state index in [4.69, 9.17) is 0 Å². The van der Waals surface area contributed by atoms with Crippen LogP contribution in [-0.2, 0) is 6.18 Å². The van der Waals surface area contributed by atoms with E-state index in [-0.39, 0.29) is 11.1 Å². The first-order valence-electron chi connectivity index (χ1n) is 7.69. The third-order valence-electron chi connectivity index (χ3n) is 3.80. The van der Waals surface area contributed by atoms with Crippen LogP contribution in [0.4, 0.5) is 17.6 Å². The molecule has 2 nitrogen and oxygen atoms in total. The van der Waals surface area contributed by atoms with Crippen LogP contribution in [0, 0.1) is 0 Å². The second-order valence-corrected chi connectivity index (χ2v) is 5.52. The maximum absolute atomic E-state index is 15.2. The summed E-state index contributed by atoms with van der Waals surface area (Å²) in [6.45, 7) is 0. The lowest BCUT2D eigenvalue weighted by atomic mass is 9.97. The van der Waals surface area contributed by atoms with Gasteiger partial charge < -0.3 is 0 Å². The van der Waals surface area contributed by atoms with Crippen molar-refractivity contribution in [1.82, 2.24) is 4.57 Å². The molecule has 2 aromatic carbocycles. The van der Waals surface area contributed by atoms with Gasteiger partial charge in [-0.3, -0.25) is 9.36 Å². The van der Waals surface area contributed by atoms with Gasteiger partial charge in [0, 0.05) is 17.8 Å². The van der Waals surface area contributed by atoms with Gasteiger partial charge in [-0.2, -0.15) is 17.6 Å². The van der Waals surface area contributed by atoms with Crippen LogP contribution in [0.15, 0.2) is 83.8 Å². The summed E-state index contributed by atoms with van der Waals surface area (Å²) in [4.78, 5) is 12.0. The van der Waals surface area contributed by atoms with Crippen LogP contribution in [0.5, 0.6) is 0 Å².